The molecule has 4 aliphatic rings. The zero-order chi connectivity index (χ0) is 18.2. The van der Waals surface area contributed by atoms with Gasteiger partial charge in [0.1, 0.15) is 5.82 Å². The van der Waals surface area contributed by atoms with Crippen LogP contribution in [0.3, 0.4) is 0 Å². The van der Waals surface area contributed by atoms with E-state index in [1.54, 1.807) is 0 Å². The van der Waals surface area contributed by atoms with E-state index in [4.69, 9.17) is 9.97 Å². The molecule has 5 heteroatoms. The number of nitrogens with one attached hydrogen (secondary N) is 1. The van der Waals surface area contributed by atoms with Crippen LogP contribution in [0.1, 0.15) is 38.5 Å². The third-order valence-electron chi connectivity index (χ3n) is 6.97. The van der Waals surface area contributed by atoms with Gasteiger partial charge in [-0.05, 0) is 76.1 Å². The smallest absolute Gasteiger partial charge is 0.225 e. The van der Waals surface area contributed by atoms with E-state index < -0.39 is 0 Å². The molecule has 3 aliphatic heterocycles. The van der Waals surface area contributed by atoms with Gasteiger partial charge in [-0.15, -0.1) is 0 Å². The third kappa shape index (κ3) is 3.49. The highest BCUT2D eigenvalue weighted by Crippen LogP contribution is 2.37. The van der Waals surface area contributed by atoms with E-state index >= 15 is 0 Å². The molecule has 0 spiro atoms. The summed E-state index contributed by atoms with van der Waals surface area (Å²) in [6.07, 6.45) is 8.13. The molecule has 1 N–H and O–H groups in total. The highest BCUT2D eigenvalue weighted by Gasteiger charge is 2.31. The number of aromatic nitrogens is 2. The predicted molar refractivity (Wildman–Crippen MR) is 111 cm³/mol. The fourth-order valence-corrected chi connectivity index (χ4v) is 5.29. The monoisotopic (exact) mass is 365 g/mol. The number of hydrogen-bond acceptors (Lipinski definition) is 5. The summed E-state index contributed by atoms with van der Waals surface area (Å²) in [5.41, 5.74) is 1.06. The molecule has 1 unspecified atom stereocenters. The number of rotatable bonds is 4. The van der Waals surface area contributed by atoms with Crippen molar-refractivity contribution < 1.29 is 0 Å². The van der Waals surface area contributed by atoms with Crippen LogP contribution in [0, 0.1) is 11.8 Å². The molecule has 0 radical (unpaired) electrons. The van der Waals surface area contributed by atoms with Crippen molar-refractivity contribution >= 4 is 22.7 Å². The van der Waals surface area contributed by atoms with Crippen molar-refractivity contribution in [2.75, 3.05) is 43.4 Å². The van der Waals surface area contributed by atoms with Gasteiger partial charge in [0, 0.05) is 31.1 Å². The summed E-state index contributed by atoms with van der Waals surface area (Å²) in [6, 6.07) is 9.10. The highest BCUT2D eigenvalue weighted by atomic mass is 15.2. The van der Waals surface area contributed by atoms with Crippen molar-refractivity contribution in [1.82, 2.24) is 14.9 Å². The van der Waals surface area contributed by atoms with Gasteiger partial charge in [0.15, 0.2) is 0 Å². The molecular weight excluding hydrogens is 334 g/mol. The summed E-state index contributed by atoms with van der Waals surface area (Å²) in [6.45, 7) is 4.44. The lowest BCUT2D eigenvalue weighted by atomic mass is 9.84. The number of benzene rings is 1. The van der Waals surface area contributed by atoms with Gasteiger partial charge < -0.3 is 15.1 Å². The molecule has 4 heterocycles. The molecule has 27 heavy (non-hydrogen) atoms. The van der Waals surface area contributed by atoms with Crippen molar-refractivity contribution in [3.05, 3.63) is 24.3 Å². The normalized spacial score (nSPS) is 28.6. The SMILES string of the molecule is CN1CCCC1CNc1nc(N2CC3CCC(CC3)C2)c2ccccc2n1. The Balaban J connectivity index is 1.45. The van der Waals surface area contributed by atoms with Crippen LogP contribution < -0.4 is 10.2 Å². The quantitative estimate of drug-likeness (QED) is 0.894. The zero-order valence-corrected chi connectivity index (χ0v) is 16.4. The maximum Gasteiger partial charge on any atom is 0.225 e. The van der Waals surface area contributed by atoms with Crippen molar-refractivity contribution in [2.24, 2.45) is 11.8 Å². The van der Waals surface area contributed by atoms with Gasteiger partial charge >= 0.3 is 0 Å². The number of fused-ring (bicyclic) bond motifs is 5. The summed E-state index contributed by atoms with van der Waals surface area (Å²) in [5, 5.41) is 4.75. The lowest BCUT2D eigenvalue weighted by molar-refractivity contribution is 0.322. The molecule has 6 rings (SSSR count). The highest BCUT2D eigenvalue weighted by molar-refractivity contribution is 5.90. The Kier molecular flexibility index (Phi) is 4.64. The van der Waals surface area contributed by atoms with Gasteiger partial charge in [-0.2, -0.15) is 4.98 Å². The van der Waals surface area contributed by atoms with Crippen LogP contribution in [0.2, 0.25) is 0 Å². The second-order valence-electron chi connectivity index (χ2n) is 8.84. The lowest BCUT2D eigenvalue weighted by Crippen LogP contribution is -2.32. The summed E-state index contributed by atoms with van der Waals surface area (Å²) >= 11 is 0. The van der Waals surface area contributed by atoms with Gasteiger partial charge in [0.05, 0.1) is 5.52 Å². The van der Waals surface area contributed by atoms with Gasteiger partial charge in [-0.25, -0.2) is 4.98 Å². The first-order valence-corrected chi connectivity index (χ1v) is 10.7. The van der Waals surface area contributed by atoms with Crippen LogP contribution in [-0.4, -0.2) is 54.1 Å². The van der Waals surface area contributed by atoms with E-state index in [0.717, 1.165) is 48.8 Å². The maximum atomic E-state index is 5.03. The van der Waals surface area contributed by atoms with E-state index in [-0.39, 0.29) is 0 Å². The first-order valence-electron chi connectivity index (χ1n) is 10.7. The molecule has 4 fully saturated rings. The number of likely N-dealkylation sites (N-methyl/N-ethyl adjacent to an activating group) is 1. The van der Waals surface area contributed by atoms with Crippen LogP contribution in [0.4, 0.5) is 11.8 Å². The fraction of sp³-hybridized carbons (Fsp3) is 0.636. The summed E-state index contributed by atoms with van der Waals surface area (Å²) < 4.78 is 0. The van der Waals surface area contributed by atoms with E-state index in [0.29, 0.717) is 6.04 Å². The molecule has 0 amide bonds. The molecule has 1 aliphatic carbocycles. The summed E-state index contributed by atoms with van der Waals surface area (Å²) in [5.74, 6) is 3.60. The maximum absolute atomic E-state index is 5.03. The van der Waals surface area contributed by atoms with Crippen LogP contribution in [0.15, 0.2) is 24.3 Å². The van der Waals surface area contributed by atoms with Crippen molar-refractivity contribution in [2.45, 2.75) is 44.6 Å². The average molecular weight is 366 g/mol. The summed E-state index contributed by atoms with van der Waals surface area (Å²) in [4.78, 5) is 14.9. The predicted octanol–water partition coefficient (Wildman–Crippen LogP) is 3.76. The van der Waals surface area contributed by atoms with Gasteiger partial charge in [0.2, 0.25) is 5.95 Å². The molecule has 1 saturated carbocycles. The first-order chi connectivity index (χ1) is 13.3. The Morgan fingerprint density at radius 1 is 1.00 bits per heavy atom. The van der Waals surface area contributed by atoms with Crippen LogP contribution in [0.25, 0.3) is 10.9 Å². The number of hydrogen-bond donors (Lipinski definition) is 1. The molecule has 2 aromatic rings. The number of anilines is 2. The largest absolute Gasteiger partial charge is 0.355 e. The topological polar surface area (TPSA) is 44.3 Å². The second kappa shape index (κ2) is 7.27. The molecule has 2 bridgehead atoms. The number of nitrogens with zero attached hydrogens (tertiary/aromatic N) is 4. The van der Waals surface area contributed by atoms with Crippen molar-refractivity contribution in [1.29, 1.82) is 0 Å². The van der Waals surface area contributed by atoms with E-state index in [1.165, 1.54) is 50.5 Å². The Morgan fingerprint density at radius 2 is 1.74 bits per heavy atom. The van der Waals surface area contributed by atoms with Crippen molar-refractivity contribution in [3.63, 3.8) is 0 Å². The van der Waals surface area contributed by atoms with Crippen LogP contribution >= 0.6 is 0 Å². The second-order valence-corrected chi connectivity index (χ2v) is 8.84. The molecule has 5 nitrogen and oxygen atoms in total. The minimum Gasteiger partial charge on any atom is -0.355 e. The van der Waals surface area contributed by atoms with Crippen LogP contribution in [0.5, 0.6) is 0 Å². The average Bonchev–Trinajstić information content (AvgIpc) is 2.90. The van der Waals surface area contributed by atoms with E-state index in [9.17, 15) is 0 Å². The summed E-state index contributed by atoms with van der Waals surface area (Å²) in [7, 11) is 2.22. The molecule has 1 aromatic heterocycles. The minimum atomic E-state index is 0.595. The van der Waals surface area contributed by atoms with E-state index in [2.05, 4.69) is 46.4 Å². The zero-order valence-electron chi connectivity index (χ0n) is 16.4. The Bertz CT molecular complexity index is 784. The standard InChI is InChI=1S/C22H31N5/c1-26-12-4-5-18(26)13-23-22-24-20-7-3-2-6-19(20)21(25-22)27-14-16-8-9-17(15-27)11-10-16/h2-3,6-7,16-18H,4-5,8-15H2,1H3,(H,23,24,25). The van der Waals surface area contributed by atoms with Crippen LogP contribution in [-0.2, 0) is 0 Å². The molecule has 144 valence electrons. The third-order valence-corrected chi connectivity index (χ3v) is 6.97. The first kappa shape index (κ1) is 17.2. The van der Waals surface area contributed by atoms with Crippen molar-refractivity contribution in [3.8, 4) is 0 Å². The molecule has 1 atom stereocenters. The Hall–Kier alpha value is -1.88. The Labute approximate surface area is 162 Å². The van der Waals surface area contributed by atoms with E-state index in [1.807, 2.05) is 0 Å². The molecule has 1 aromatic carbocycles. The minimum absolute atomic E-state index is 0.595. The number of likely N-dealkylation sites (tertiary alicyclic amines) is 1. The van der Waals surface area contributed by atoms with Gasteiger partial charge in [-0.3, -0.25) is 0 Å². The Morgan fingerprint density at radius 3 is 2.44 bits per heavy atom. The van der Waals surface area contributed by atoms with Gasteiger partial charge in [-0.1, -0.05) is 12.1 Å². The van der Waals surface area contributed by atoms with Gasteiger partial charge in [0.25, 0.3) is 0 Å². The molecule has 3 saturated heterocycles. The number of para-hydroxylation sites is 1. The fourth-order valence-electron chi connectivity index (χ4n) is 5.29. The lowest BCUT2D eigenvalue weighted by Gasteiger charge is -2.26. The molecular formula is C22H31N5.